The van der Waals surface area contributed by atoms with Gasteiger partial charge in [0.25, 0.3) is 0 Å². The Morgan fingerprint density at radius 3 is 2.58 bits per heavy atom. The van der Waals surface area contributed by atoms with Crippen molar-refractivity contribution < 1.29 is 71.4 Å². The number of imidazole rings is 1. The number of unbranched alkanes of at least 4 members (excludes halogenated alkanes) is 1. The van der Waals surface area contributed by atoms with Crippen molar-refractivity contribution >= 4 is 50.9 Å². The summed E-state index contributed by atoms with van der Waals surface area (Å²) in [4.78, 5) is 96.7. The number of aromatic nitrogens is 6. The van der Waals surface area contributed by atoms with Crippen molar-refractivity contribution in [1.82, 2.24) is 34.4 Å². The Hall–Kier alpha value is -4.66. The van der Waals surface area contributed by atoms with E-state index in [0.717, 1.165) is 10.9 Å². The monoisotopic (exact) mass is 892 g/mol. The summed E-state index contributed by atoms with van der Waals surface area (Å²) < 4.78 is 53.9. The number of carbonyl (C=O) groups is 2. The van der Waals surface area contributed by atoms with Gasteiger partial charge in [-0.15, -0.1) is 0 Å². The molecule has 28 nitrogen and oxygen atoms in total. The molecule has 332 valence electrons. The molecule has 0 radical (unpaired) electrons. The normalized spacial score (nSPS) is 25.0. The molecular weight excluding hydrogens is 846 g/mol. The number of azide groups is 1. The summed E-state index contributed by atoms with van der Waals surface area (Å²) in [6.07, 6.45) is -7.66. The van der Waals surface area contributed by atoms with Gasteiger partial charge in [-0.25, -0.2) is 24.5 Å². The number of aliphatic hydroxyl groups excluding tert-OH is 1. The van der Waals surface area contributed by atoms with Gasteiger partial charge in [0.2, 0.25) is 0 Å². The molecule has 10 N–H and O–H groups in total. The van der Waals surface area contributed by atoms with Crippen LogP contribution in [0.25, 0.3) is 21.6 Å². The molecule has 9 atom stereocenters. The van der Waals surface area contributed by atoms with Crippen LogP contribution in [0.3, 0.4) is 0 Å². The Bertz CT molecular complexity index is 2140. The van der Waals surface area contributed by atoms with E-state index < -0.39 is 102 Å². The van der Waals surface area contributed by atoms with Crippen molar-refractivity contribution in [1.29, 1.82) is 0 Å². The maximum absolute atomic E-state index is 13.8. The van der Waals surface area contributed by atoms with E-state index in [9.17, 15) is 43.6 Å². The number of alkyl carbamates (subject to hydrolysis) is 1. The van der Waals surface area contributed by atoms with Crippen molar-refractivity contribution in [3.05, 3.63) is 45.8 Å². The Balaban J connectivity index is 1.37. The predicted octanol–water partition coefficient (Wildman–Crippen LogP) is -0.0153. The van der Waals surface area contributed by atoms with Crippen LogP contribution >= 0.6 is 16.0 Å². The van der Waals surface area contributed by atoms with Gasteiger partial charge < -0.3 is 15.8 Å². The fourth-order valence-corrected chi connectivity index (χ4v) is 7.46. The van der Waals surface area contributed by atoms with Crippen LogP contribution in [0.2, 0.25) is 0 Å². The van der Waals surface area contributed by atoms with Gasteiger partial charge in [0.1, 0.15) is 23.5 Å². The van der Waals surface area contributed by atoms with Gasteiger partial charge >= 0.3 is 196 Å². The molecular formula is C30H46N12O16P2. The van der Waals surface area contributed by atoms with Gasteiger partial charge in [0, 0.05) is 11.5 Å². The SMILES string of the molecule is CC(C)(C)OC(=O)N[C@@H](CCCCN=[N+]=[N-])C(=O)O[C@H]1[C@@H](O)[C@H](n2cnc3c(N)ncnc32)O[C@@H]1COP(=O)(O)O[C@H]1C[C@H](n2ccc(N)nc2=O)O[C@@H]1CO[PH](O)(O)O. The molecule has 0 aliphatic carbocycles. The number of nitrogens with two attached hydrogens (primary N) is 2. The summed E-state index contributed by atoms with van der Waals surface area (Å²) in [5.74, 6) is -1.18. The number of phosphoric ester groups is 1. The van der Waals surface area contributed by atoms with Crippen LogP contribution in [0, 0.1) is 0 Å². The Labute approximate surface area is 339 Å². The van der Waals surface area contributed by atoms with E-state index in [-0.39, 0.29) is 48.6 Å². The van der Waals surface area contributed by atoms with Crippen LogP contribution in [0.15, 0.2) is 34.8 Å². The van der Waals surface area contributed by atoms with Crippen LogP contribution < -0.4 is 22.5 Å². The zero-order chi connectivity index (χ0) is 44.0. The van der Waals surface area contributed by atoms with Gasteiger partial charge in [-0.3, -0.25) is 0 Å². The maximum atomic E-state index is 13.8. The van der Waals surface area contributed by atoms with Crippen LogP contribution in [0.5, 0.6) is 0 Å². The molecule has 1 amide bonds. The summed E-state index contributed by atoms with van der Waals surface area (Å²) in [7, 11) is -10.4. The second-order valence-electron chi connectivity index (χ2n) is 14.4. The molecule has 0 bridgehead atoms. The first kappa shape index (κ1) is 46.4. The van der Waals surface area contributed by atoms with Gasteiger partial charge in [0.05, 0.1) is 6.33 Å². The zero-order valence-electron chi connectivity index (χ0n) is 32.2. The van der Waals surface area contributed by atoms with Crippen molar-refractivity contribution in [3.8, 4) is 0 Å². The third kappa shape index (κ3) is 12.4. The predicted molar refractivity (Wildman–Crippen MR) is 204 cm³/mol. The number of anilines is 2. The second kappa shape index (κ2) is 19.4. The number of esters is 1. The Kier molecular flexibility index (Phi) is 15.0. The third-order valence-corrected chi connectivity index (χ3v) is 10.3. The molecule has 3 aromatic heterocycles. The molecule has 2 fully saturated rings. The van der Waals surface area contributed by atoms with Crippen LogP contribution in [0.1, 0.15) is 58.9 Å². The van der Waals surface area contributed by atoms with Gasteiger partial charge in [-0.2, -0.15) is 0 Å². The molecule has 3 aromatic rings. The van der Waals surface area contributed by atoms with Crippen molar-refractivity contribution in [3.63, 3.8) is 0 Å². The number of hydrogen-bond acceptors (Lipinski definition) is 22. The number of amides is 1. The topological polar surface area (TPSA) is 408 Å². The number of ether oxygens (including phenoxy) is 4. The summed E-state index contributed by atoms with van der Waals surface area (Å²) in [5, 5.41) is 17.5. The van der Waals surface area contributed by atoms with Gasteiger partial charge in [-0.05, 0) is 39.1 Å². The molecule has 2 aliphatic rings. The quantitative estimate of drug-likeness (QED) is 0.0208. The van der Waals surface area contributed by atoms with E-state index in [1.54, 1.807) is 20.8 Å². The summed E-state index contributed by atoms with van der Waals surface area (Å²) in [6, 6.07) is -0.0926. The van der Waals surface area contributed by atoms with E-state index in [1.165, 1.54) is 23.2 Å². The Morgan fingerprint density at radius 2 is 1.90 bits per heavy atom. The zero-order valence-corrected chi connectivity index (χ0v) is 34.1. The first-order valence-electron chi connectivity index (χ1n) is 18.1. The molecule has 5 heterocycles. The third-order valence-electron chi connectivity index (χ3n) is 8.72. The van der Waals surface area contributed by atoms with Crippen LogP contribution in [-0.4, -0.2) is 128 Å². The molecule has 0 saturated carbocycles. The number of phosphoric acid groups is 1. The molecule has 0 spiro atoms. The minimum absolute atomic E-state index is 0.00615. The molecule has 2 saturated heterocycles. The molecule has 60 heavy (non-hydrogen) atoms. The second-order valence-corrected chi connectivity index (χ2v) is 17.2. The summed E-state index contributed by atoms with van der Waals surface area (Å²) in [6.45, 7) is 3.22. The number of nitrogens with one attached hydrogen (secondary N) is 1. The van der Waals surface area contributed by atoms with Crippen molar-refractivity contribution in [2.24, 2.45) is 5.11 Å². The van der Waals surface area contributed by atoms with Gasteiger partial charge in [-0.1, -0.05) is 11.5 Å². The molecule has 1 unspecified atom stereocenters. The van der Waals surface area contributed by atoms with Gasteiger partial charge in [0.15, 0.2) is 11.5 Å². The fourth-order valence-electron chi connectivity index (χ4n) is 6.12. The fraction of sp³-hybridized carbons (Fsp3) is 0.633. The first-order valence-corrected chi connectivity index (χ1v) is 21.3. The standard InChI is InChI=1S/C30H46N12O16P2/c1-30(2,3)57-29(46)38-15(6-4-5-8-37-40-33)27(44)56-23-18(55-26(22(23)43)42-14-36-21-24(32)34-13-35-25(21)42)12-53-60(50,51)58-16-10-20(41-9-7-19(31)39-28(41)45)54-17(16)11-52-59(47,48)49/h7,9,13-18,20,22-23,26,43,47-49,59H,4-6,8,10-12H2,1-3H3,(H,38,46)(H,50,51)(H2,31,39,45)(H2,32,34,35)/t15-,16-,17+,18+,20+,22+,23+,26+/m0/s1. The van der Waals surface area contributed by atoms with E-state index in [4.69, 9.17) is 45.0 Å². The molecule has 30 heteroatoms. The Morgan fingerprint density at radius 1 is 1.15 bits per heavy atom. The number of nitrogen functional groups attached to an aromatic ring is 2. The first-order chi connectivity index (χ1) is 28.1. The number of aliphatic hydroxyl groups is 1. The number of hydrogen-bond donors (Lipinski definition) is 8. The summed E-state index contributed by atoms with van der Waals surface area (Å²) in [5.41, 5.74) is 18.5. The van der Waals surface area contributed by atoms with Crippen LogP contribution in [0.4, 0.5) is 16.4 Å². The van der Waals surface area contributed by atoms with Crippen molar-refractivity contribution in [2.75, 3.05) is 31.2 Å². The average Bonchev–Trinajstić information content (AvgIpc) is 3.83. The van der Waals surface area contributed by atoms with Crippen LogP contribution in [-0.2, 0) is 41.9 Å². The molecule has 5 rings (SSSR count). The molecule has 2 aliphatic heterocycles. The van der Waals surface area contributed by atoms with E-state index in [1.807, 2.05) is 0 Å². The summed E-state index contributed by atoms with van der Waals surface area (Å²) >= 11 is 0. The van der Waals surface area contributed by atoms with E-state index in [0.29, 0.717) is 6.42 Å². The average molecular weight is 893 g/mol. The van der Waals surface area contributed by atoms with E-state index in [2.05, 4.69) is 39.8 Å². The number of fused-ring (bicyclic) bond motifs is 1. The van der Waals surface area contributed by atoms with E-state index >= 15 is 0 Å². The number of nitrogens with zero attached hydrogens (tertiary/aromatic N) is 9. The molecule has 0 aromatic carbocycles. The number of carbonyl (C=O) groups excluding carboxylic acids is 2. The minimum atomic E-state index is -5.22. The van der Waals surface area contributed by atoms with Crippen molar-refractivity contribution in [2.45, 2.75) is 101 Å². The number of rotatable bonds is 18.